The van der Waals surface area contributed by atoms with E-state index in [-0.39, 0.29) is 12.4 Å². The maximum atomic E-state index is 12.2. The van der Waals surface area contributed by atoms with Gasteiger partial charge in [-0.1, -0.05) is 37.3 Å². The summed E-state index contributed by atoms with van der Waals surface area (Å²) in [5.41, 5.74) is 1.32. The van der Waals surface area contributed by atoms with Gasteiger partial charge in [0.15, 0.2) is 0 Å². The van der Waals surface area contributed by atoms with Crippen LogP contribution in [0.25, 0.3) is 0 Å². The SMILES string of the molecule is CC(CCC(=O)N1CCN[C@H](C)C1)c1ccccc1.Cl. The summed E-state index contributed by atoms with van der Waals surface area (Å²) >= 11 is 0. The molecule has 1 aliphatic heterocycles. The van der Waals surface area contributed by atoms with Crippen molar-refractivity contribution in [1.82, 2.24) is 10.2 Å². The summed E-state index contributed by atoms with van der Waals surface area (Å²) in [6, 6.07) is 10.9. The van der Waals surface area contributed by atoms with E-state index in [2.05, 4.69) is 43.4 Å². The van der Waals surface area contributed by atoms with Crippen molar-refractivity contribution in [3.05, 3.63) is 35.9 Å². The number of nitrogens with one attached hydrogen (secondary N) is 1. The van der Waals surface area contributed by atoms with Crippen LogP contribution in [0.15, 0.2) is 30.3 Å². The zero-order valence-electron chi connectivity index (χ0n) is 12.3. The minimum Gasteiger partial charge on any atom is -0.340 e. The molecule has 2 atom stereocenters. The van der Waals surface area contributed by atoms with E-state index in [4.69, 9.17) is 0 Å². The standard InChI is InChI=1S/C16H24N2O.ClH/c1-13(15-6-4-3-5-7-15)8-9-16(19)18-11-10-17-14(2)12-18;/h3-7,13-14,17H,8-12H2,1-2H3;1H/t13?,14-;/m1./s1. The lowest BCUT2D eigenvalue weighted by Crippen LogP contribution is -2.51. The molecule has 1 heterocycles. The van der Waals surface area contributed by atoms with E-state index in [1.54, 1.807) is 0 Å². The Labute approximate surface area is 128 Å². The molecule has 1 N–H and O–H groups in total. The molecule has 1 aromatic carbocycles. The van der Waals surface area contributed by atoms with Crippen molar-refractivity contribution in [2.45, 2.75) is 38.6 Å². The molecule has 0 radical (unpaired) electrons. The number of nitrogens with zero attached hydrogens (tertiary/aromatic N) is 1. The Morgan fingerprint density at radius 2 is 2.10 bits per heavy atom. The van der Waals surface area contributed by atoms with Crippen LogP contribution in [0.2, 0.25) is 0 Å². The van der Waals surface area contributed by atoms with E-state index < -0.39 is 0 Å². The molecule has 1 fully saturated rings. The molecule has 0 aliphatic carbocycles. The molecule has 3 nitrogen and oxygen atoms in total. The van der Waals surface area contributed by atoms with E-state index in [9.17, 15) is 4.79 Å². The Kier molecular flexibility index (Phi) is 7.03. The fourth-order valence-electron chi connectivity index (χ4n) is 2.61. The molecule has 1 aromatic rings. The molecule has 4 heteroatoms. The maximum Gasteiger partial charge on any atom is 0.222 e. The van der Waals surface area contributed by atoms with Gasteiger partial charge in [-0.05, 0) is 24.8 Å². The number of carbonyl (C=O) groups is 1. The van der Waals surface area contributed by atoms with E-state index in [1.807, 2.05) is 11.0 Å². The average Bonchev–Trinajstić information content (AvgIpc) is 2.45. The number of rotatable bonds is 4. The Morgan fingerprint density at radius 1 is 1.40 bits per heavy atom. The summed E-state index contributed by atoms with van der Waals surface area (Å²) < 4.78 is 0. The predicted molar refractivity (Wildman–Crippen MR) is 85.4 cm³/mol. The molecule has 20 heavy (non-hydrogen) atoms. The molecule has 112 valence electrons. The number of benzene rings is 1. The quantitative estimate of drug-likeness (QED) is 0.927. The van der Waals surface area contributed by atoms with Crippen LogP contribution in [0.5, 0.6) is 0 Å². The second kappa shape index (κ2) is 8.28. The normalized spacial score (nSPS) is 20.1. The molecule has 0 aromatic heterocycles. The highest BCUT2D eigenvalue weighted by Gasteiger charge is 2.20. The first kappa shape index (κ1) is 17.0. The van der Waals surface area contributed by atoms with Crippen LogP contribution in [0.1, 0.15) is 38.2 Å². The van der Waals surface area contributed by atoms with Crippen LogP contribution in [-0.2, 0) is 4.79 Å². The van der Waals surface area contributed by atoms with Crippen molar-refractivity contribution in [2.75, 3.05) is 19.6 Å². The third kappa shape index (κ3) is 4.80. The maximum absolute atomic E-state index is 12.2. The van der Waals surface area contributed by atoms with Gasteiger partial charge < -0.3 is 10.2 Å². The van der Waals surface area contributed by atoms with Crippen molar-refractivity contribution in [2.24, 2.45) is 0 Å². The molecule has 0 bridgehead atoms. The smallest absolute Gasteiger partial charge is 0.222 e. The summed E-state index contributed by atoms with van der Waals surface area (Å²) in [6.07, 6.45) is 1.59. The Morgan fingerprint density at radius 3 is 2.75 bits per heavy atom. The Hall–Kier alpha value is -1.06. The van der Waals surface area contributed by atoms with Gasteiger partial charge in [0.1, 0.15) is 0 Å². The molecule has 0 spiro atoms. The van der Waals surface area contributed by atoms with Gasteiger partial charge in [0.05, 0.1) is 0 Å². The van der Waals surface area contributed by atoms with E-state index in [0.29, 0.717) is 24.3 Å². The summed E-state index contributed by atoms with van der Waals surface area (Å²) in [6.45, 7) is 6.94. The fourth-order valence-corrected chi connectivity index (χ4v) is 2.61. The lowest BCUT2D eigenvalue weighted by molar-refractivity contribution is -0.132. The summed E-state index contributed by atoms with van der Waals surface area (Å²) in [7, 11) is 0. The van der Waals surface area contributed by atoms with Crippen LogP contribution >= 0.6 is 12.4 Å². The topological polar surface area (TPSA) is 32.3 Å². The van der Waals surface area contributed by atoms with Crippen LogP contribution < -0.4 is 5.32 Å². The number of piperazine rings is 1. The van der Waals surface area contributed by atoms with Crippen LogP contribution in [0.3, 0.4) is 0 Å². The first-order valence-electron chi connectivity index (χ1n) is 7.23. The van der Waals surface area contributed by atoms with Gasteiger partial charge in [-0.3, -0.25) is 4.79 Å². The average molecular weight is 297 g/mol. The predicted octanol–water partition coefficient (Wildman–Crippen LogP) is 2.81. The molecular formula is C16H25ClN2O. The van der Waals surface area contributed by atoms with Gasteiger partial charge in [-0.25, -0.2) is 0 Å². The van der Waals surface area contributed by atoms with Gasteiger partial charge in [-0.15, -0.1) is 12.4 Å². The third-order valence-electron chi connectivity index (χ3n) is 3.88. The van der Waals surface area contributed by atoms with E-state index >= 15 is 0 Å². The molecule has 1 aliphatic rings. The Balaban J connectivity index is 0.00000200. The number of halogens is 1. The molecular weight excluding hydrogens is 272 g/mol. The third-order valence-corrected chi connectivity index (χ3v) is 3.88. The van der Waals surface area contributed by atoms with Gasteiger partial charge >= 0.3 is 0 Å². The van der Waals surface area contributed by atoms with Gasteiger partial charge in [-0.2, -0.15) is 0 Å². The first-order valence-corrected chi connectivity index (χ1v) is 7.23. The second-order valence-corrected chi connectivity index (χ2v) is 5.55. The molecule has 1 amide bonds. The van der Waals surface area contributed by atoms with Gasteiger partial charge in [0.2, 0.25) is 5.91 Å². The minimum absolute atomic E-state index is 0. The molecule has 0 saturated carbocycles. The minimum atomic E-state index is 0. The number of carbonyl (C=O) groups excluding carboxylic acids is 1. The van der Waals surface area contributed by atoms with E-state index in [1.165, 1.54) is 5.56 Å². The number of amides is 1. The number of hydrogen-bond acceptors (Lipinski definition) is 2. The second-order valence-electron chi connectivity index (χ2n) is 5.55. The lowest BCUT2D eigenvalue weighted by atomic mass is 9.96. The fraction of sp³-hybridized carbons (Fsp3) is 0.562. The zero-order valence-corrected chi connectivity index (χ0v) is 13.2. The van der Waals surface area contributed by atoms with Crippen molar-refractivity contribution >= 4 is 18.3 Å². The highest BCUT2D eigenvalue weighted by molar-refractivity contribution is 5.85. The largest absolute Gasteiger partial charge is 0.340 e. The van der Waals surface area contributed by atoms with Crippen molar-refractivity contribution < 1.29 is 4.79 Å². The van der Waals surface area contributed by atoms with Crippen molar-refractivity contribution in [1.29, 1.82) is 0 Å². The molecule has 1 saturated heterocycles. The molecule has 2 rings (SSSR count). The van der Waals surface area contributed by atoms with Crippen molar-refractivity contribution in [3.63, 3.8) is 0 Å². The van der Waals surface area contributed by atoms with E-state index in [0.717, 1.165) is 26.1 Å². The summed E-state index contributed by atoms with van der Waals surface area (Å²) in [5, 5.41) is 3.36. The summed E-state index contributed by atoms with van der Waals surface area (Å²) in [4.78, 5) is 14.2. The monoisotopic (exact) mass is 296 g/mol. The highest BCUT2D eigenvalue weighted by atomic mass is 35.5. The van der Waals surface area contributed by atoms with Crippen LogP contribution in [0, 0.1) is 0 Å². The first-order chi connectivity index (χ1) is 9.16. The summed E-state index contributed by atoms with van der Waals surface area (Å²) in [5.74, 6) is 0.752. The Bertz CT molecular complexity index is 410. The molecule has 1 unspecified atom stereocenters. The highest BCUT2D eigenvalue weighted by Crippen LogP contribution is 2.20. The lowest BCUT2D eigenvalue weighted by Gasteiger charge is -2.32. The van der Waals surface area contributed by atoms with Crippen molar-refractivity contribution in [3.8, 4) is 0 Å². The van der Waals surface area contributed by atoms with Gasteiger partial charge in [0, 0.05) is 32.1 Å². The van der Waals surface area contributed by atoms with Gasteiger partial charge in [0.25, 0.3) is 0 Å². The number of hydrogen-bond donors (Lipinski definition) is 1. The van der Waals surface area contributed by atoms with Crippen LogP contribution in [0.4, 0.5) is 0 Å². The zero-order chi connectivity index (χ0) is 13.7. The van der Waals surface area contributed by atoms with Crippen LogP contribution in [-0.4, -0.2) is 36.5 Å².